The Morgan fingerprint density at radius 2 is 1.83 bits per heavy atom. The predicted octanol–water partition coefficient (Wildman–Crippen LogP) is 4.28. The fraction of sp³-hybridized carbons (Fsp3) is 0.429. The van der Waals surface area contributed by atoms with E-state index in [4.69, 9.17) is 9.47 Å². The summed E-state index contributed by atoms with van der Waals surface area (Å²) < 4.78 is 12.8. The van der Waals surface area contributed by atoms with Gasteiger partial charge in [0, 0.05) is 24.0 Å². The molecule has 0 saturated heterocycles. The minimum absolute atomic E-state index is 0.123. The van der Waals surface area contributed by atoms with Gasteiger partial charge in [0.1, 0.15) is 11.2 Å². The van der Waals surface area contributed by atoms with Crippen molar-refractivity contribution in [3.05, 3.63) is 59.8 Å². The van der Waals surface area contributed by atoms with Gasteiger partial charge in [0.05, 0.1) is 20.8 Å². The maximum atomic E-state index is 13.8. The van der Waals surface area contributed by atoms with Gasteiger partial charge in [-0.05, 0) is 55.5 Å². The van der Waals surface area contributed by atoms with E-state index in [0.717, 1.165) is 22.9 Å². The number of methoxy groups -OCH3 is 2. The first-order valence-electron chi connectivity index (χ1n) is 12.2. The lowest BCUT2D eigenvalue weighted by Crippen LogP contribution is -2.64. The predicted molar refractivity (Wildman–Crippen MR) is 137 cm³/mol. The van der Waals surface area contributed by atoms with Gasteiger partial charge in [0.2, 0.25) is 5.91 Å². The van der Waals surface area contributed by atoms with Crippen LogP contribution in [0.25, 0.3) is 10.9 Å². The van der Waals surface area contributed by atoms with Crippen molar-refractivity contribution in [2.45, 2.75) is 45.7 Å². The molecule has 0 fully saturated rings. The number of hydrogen-bond acceptors (Lipinski definition) is 4. The molecule has 1 aliphatic heterocycles. The van der Waals surface area contributed by atoms with Crippen molar-refractivity contribution in [2.75, 3.05) is 27.3 Å². The minimum Gasteiger partial charge on any atom is -0.493 e. The Hall–Kier alpha value is -3.48. The number of fused-ring (bicyclic) bond motifs is 3. The summed E-state index contributed by atoms with van der Waals surface area (Å²) in [5.41, 5.74) is 1.58. The summed E-state index contributed by atoms with van der Waals surface area (Å²) in [7, 11) is 3.21. The topological polar surface area (TPSA) is 72.8 Å². The van der Waals surface area contributed by atoms with Crippen LogP contribution in [0.2, 0.25) is 0 Å². The molecule has 1 N–H and O–H groups in total. The van der Waals surface area contributed by atoms with E-state index in [1.165, 1.54) is 0 Å². The summed E-state index contributed by atoms with van der Waals surface area (Å²) in [4.78, 5) is 29.1. The molecule has 1 aromatic heterocycles. The van der Waals surface area contributed by atoms with Crippen molar-refractivity contribution in [1.29, 1.82) is 0 Å². The van der Waals surface area contributed by atoms with E-state index < -0.39 is 5.54 Å². The molecule has 2 aromatic carbocycles. The Kier molecular flexibility index (Phi) is 7.05. The van der Waals surface area contributed by atoms with Gasteiger partial charge in [-0.25, -0.2) is 0 Å². The highest BCUT2D eigenvalue weighted by Crippen LogP contribution is 2.33. The molecule has 7 heteroatoms. The second-order valence-electron chi connectivity index (χ2n) is 9.78. The minimum atomic E-state index is -1.01. The van der Waals surface area contributed by atoms with Crippen LogP contribution in [-0.4, -0.2) is 54.1 Å². The highest BCUT2D eigenvalue weighted by atomic mass is 16.5. The smallest absolute Gasteiger partial charge is 0.271 e. The fourth-order valence-corrected chi connectivity index (χ4v) is 4.80. The first kappa shape index (κ1) is 24.6. The van der Waals surface area contributed by atoms with Crippen LogP contribution < -0.4 is 14.8 Å². The highest BCUT2D eigenvalue weighted by Gasteiger charge is 2.47. The number of nitrogens with zero attached hydrogens (tertiary/aromatic N) is 2. The maximum Gasteiger partial charge on any atom is 0.271 e. The van der Waals surface area contributed by atoms with E-state index in [0.29, 0.717) is 49.2 Å². The fourth-order valence-electron chi connectivity index (χ4n) is 4.80. The second-order valence-corrected chi connectivity index (χ2v) is 9.78. The van der Waals surface area contributed by atoms with Crippen LogP contribution in [-0.2, 0) is 17.8 Å². The van der Waals surface area contributed by atoms with Gasteiger partial charge in [-0.1, -0.05) is 38.1 Å². The third-order valence-electron chi connectivity index (χ3n) is 6.91. The summed E-state index contributed by atoms with van der Waals surface area (Å²) in [6.45, 7) is 7.54. The van der Waals surface area contributed by atoms with Gasteiger partial charge < -0.3 is 24.3 Å². The molecular weight excluding hydrogens is 442 g/mol. The first-order chi connectivity index (χ1) is 16.8. The molecule has 2 amide bonds. The first-order valence-corrected chi connectivity index (χ1v) is 12.2. The quantitative estimate of drug-likeness (QED) is 0.499. The number of rotatable bonds is 9. The van der Waals surface area contributed by atoms with Crippen molar-refractivity contribution in [3.63, 3.8) is 0 Å². The normalized spacial score (nSPS) is 17.5. The Balaban J connectivity index is 1.66. The number of carbonyl (C=O) groups is 2. The highest BCUT2D eigenvalue weighted by molar-refractivity contribution is 6.03. The van der Waals surface area contributed by atoms with Gasteiger partial charge >= 0.3 is 0 Å². The van der Waals surface area contributed by atoms with Gasteiger partial charge in [-0.15, -0.1) is 0 Å². The molecule has 7 nitrogen and oxygen atoms in total. The zero-order valence-corrected chi connectivity index (χ0v) is 21.3. The lowest BCUT2D eigenvalue weighted by Gasteiger charge is -2.44. The molecule has 1 aliphatic rings. The molecule has 35 heavy (non-hydrogen) atoms. The number of amides is 2. The largest absolute Gasteiger partial charge is 0.493 e. The number of benzene rings is 2. The zero-order chi connectivity index (χ0) is 25.2. The van der Waals surface area contributed by atoms with Crippen LogP contribution in [0.5, 0.6) is 11.5 Å². The van der Waals surface area contributed by atoms with Crippen LogP contribution in [0.15, 0.2) is 48.5 Å². The van der Waals surface area contributed by atoms with E-state index in [1.54, 1.807) is 19.1 Å². The molecular formula is C28H35N3O4. The van der Waals surface area contributed by atoms with Crippen LogP contribution >= 0.6 is 0 Å². The Morgan fingerprint density at radius 1 is 1.09 bits per heavy atom. The summed E-state index contributed by atoms with van der Waals surface area (Å²) >= 11 is 0. The molecule has 4 rings (SSSR count). The molecule has 0 radical (unpaired) electrons. The average molecular weight is 478 g/mol. The van der Waals surface area contributed by atoms with E-state index in [9.17, 15) is 9.59 Å². The van der Waals surface area contributed by atoms with Crippen molar-refractivity contribution in [3.8, 4) is 11.5 Å². The molecule has 3 aromatic rings. The van der Waals surface area contributed by atoms with Crippen molar-refractivity contribution in [2.24, 2.45) is 5.92 Å². The van der Waals surface area contributed by atoms with E-state index in [2.05, 4.69) is 19.2 Å². The van der Waals surface area contributed by atoms with Crippen LogP contribution in [0.3, 0.4) is 0 Å². The molecule has 0 unspecified atom stereocenters. The molecule has 2 heterocycles. The Morgan fingerprint density at radius 3 is 2.54 bits per heavy atom. The molecule has 186 valence electrons. The summed E-state index contributed by atoms with van der Waals surface area (Å²) in [5, 5.41) is 4.09. The lowest BCUT2D eigenvalue weighted by molar-refractivity contribution is -0.132. The van der Waals surface area contributed by atoms with E-state index in [1.807, 2.05) is 60.0 Å². The van der Waals surface area contributed by atoms with Crippen LogP contribution in [0.1, 0.15) is 43.2 Å². The number of ether oxygens (including phenoxy) is 2. The molecule has 0 bridgehead atoms. The molecule has 0 aliphatic carbocycles. The van der Waals surface area contributed by atoms with Crippen molar-refractivity contribution >= 4 is 22.7 Å². The molecule has 0 spiro atoms. The maximum absolute atomic E-state index is 13.8. The second kappa shape index (κ2) is 10.0. The van der Waals surface area contributed by atoms with Gasteiger partial charge in [0.15, 0.2) is 11.5 Å². The summed E-state index contributed by atoms with van der Waals surface area (Å²) in [5.74, 6) is 1.53. The third-order valence-corrected chi connectivity index (χ3v) is 6.91. The average Bonchev–Trinajstić information content (AvgIpc) is 3.22. The number of nitrogens with one attached hydrogen (secondary N) is 1. The number of para-hydroxylation sites is 1. The molecule has 1 atom stereocenters. The Bertz CT molecular complexity index is 1230. The summed E-state index contributed by atoms with van der Waals surface area (Å²) in [6, 6.07) is 15.6. The van der Waals surface area contributed by atoms with Crippen molar-refractivity contribution in [1.82, 2.24) is 14.8 Å². The number of hydrogen-bond donors (Lipinski definition) is 1. The SMILES string of the molecule is COc1ccc(CCN2C(=O)c3cc4ccccc4n3C[C@]2(C)C(=O)NCCC(C)C)cc1OC. The standard InChI is InChI=1S/C28H35N3O4/c1-19(2)12-14-29-27(33)28(3)18-30-22-9-7-6-8-21(22)17-23(30)26(32)31(28)15-13-20-10-11-24(34-4)25(16-20)35-5/h6-11,16-17,19H,12-15,18H2,1-5H3,(H,29,33)/t28-/m1/s1. The van der Waals surface area contributed by atoms with E-state index >= 15 is 0 Å². The zero-order valence-electron chi connectivity index (χ0n) is 21.3. The number of aromatic nitrogens is 1. The van der Waals surface area contributed by atoms with Crippen LogP contribution in [0.4, 0.5) is 0 Å². The number of carbonyl (C=O) groups excluding carboxylic acids is 2. The molecule has 0 saturated carbocycles. The monoisotopic (exact) mass is 477 g/mol. The van der Waals surface area contributed by atoms with Gasteiger partial charge in [-0.2, -0.15) is 0 Å². The van der Waals surface area contributed by atoms with Crippen LogP contribution in [0, 0.1) is 5.92 Å². The summed E-state index contributed by atoms with van der Waals surface area (Å²) in [6.07, 6.45) is 1.47. The van der Waals surface area contributed by atoms with Gasteiger partial charge in [0.25, 0.3) is 5.91 Å². The Labute approximate surface area is 207 Å². The third kappa shape index (κ3) is 4.72. The lowest BCUT2D eigenvalue weighted by atomic mass is 9.93. The van der Waals surface area contributed by atoms with Crippen molar-refractivity contribution < 1.29 is 19.1 Å². The van der Waals surface area contributed by atoms with Gasteiger partial charge in [-0.3, -0.25) is 9.59 Å². The van der Waals surface area contributed by atoms with E-state index in [-0.39, 0.29) is 11.8 Å².